The van der Waals surface area contributed by atoms with Gasteiger partial charge in [-0.3, -0.25) is 0 Å². The van der Waals surface area contributed by atoms with Crippen molar-refractivity contribution in [1.29, 1.82) is 0 Å². The number of rotatable bonds is 10. The number of halogens is 3. The fourth-order valence-electron chi connectivity index (χ4n) is 4.31. The molecule has 0 radical (unpaired) electrons. The van der Waals surface area contributed by atoms with Crippen LogP contribution in [-0.2, 0) is 6.18 Å². The first-order chi connectivity index (χ1) is 14.7. The number of carbonyl (C=O) groups is 1. The quantitative estimate of drug-likeness (QED) is 0.417. The summed E-state index contributed by atoms with van der Waals surface area (Å²) >= 11 is 0. The molecule has 1 aliphatic rings. The lowest BCUT2D eigenvalue weighted by Crippen LogP contribution is -2.32. The first-order valence-electron chi connectivity index (χ1n) is 11.6. The lowest BCUT2D eigenvalue weighted by Gasteiger charge is -2.30. The fourth-order valence-corrected chi connectivity index (χ4v) is 4.31. The van der Waals surface area contributed by atoms with E-state index in [1.807, 2.05) is 0 Å². The van der Waals surface area contributed by atoms with Gasteiger partial charge in [-0.05, 0) is 75.0 Å². The van der Waals surface area contributed by atoms with Gasteiger partial charge in [-0.15, -0.1) is 0 Å². The zero-order valence-corrected chi connectivity index (χ0v) is 19.1. The van der Waals surface area contributed by atoms with Crippen molar-refractivity contribution in [2.24, 2.45) is 11.8 Å². The second-order valence-electron chi connectivity index (χ2n) is 8.66. The van der Waals surface area contributed by atoms with Crippen molar-refractivity contribution >= 4 is 6.09 Å². The Morgan fingerprint density at radius 2 is 1.52 bits per heavy atom. The predicted molar refractivity (Wildman–Crippen MR) is 117 cm³/mol. The third-order valence-corrected chi connectivity index (χ3v) is 6.52. The first kappa shape index (κ1) is 25.5. The molecule has 176 valence electrons. The van der Waals surface area contributed by atoms with Crippen LogP contribution >= 0.6 is 0 Å². The summed E-state index contributed by atoms with van der Waals surface area (Å²) in [4.78, 5) is 16.2. The molecule has 0 aliphatic heterocycles. The number of hydrogen-bond donors (Lipinski definition) is 0. The Morgan fingerprint density at radius 1 is 0.968 bits per heavy atom. The Bertz CT molecular complexity index is 652. The van der Waals surface area contributed by atoms with E-state index in [4.69, 9.17) is 4.74 Å². The minimum absolute atomic E-state index is 0.120. The smallest absolute Gasteiger partial charge is 0.410 e. The Labute approximate surface area is 184 Å². The van der Waals surface area contributed by atoms with Gasteiger partial charge in [-0.2, -0.15) is 13.2 Å². The number of nitrogens with zero attached hydrogens (tertiary/aromatic N) is 2. The number of ether oxygens (including phenoxy) is 1. The number of alkyl halides is 3. The molecule has 1 saturated carbocycles. The molecule has 4 nitrogen and oxygen atoms in total. The van der Waals surface area contributed by atoms with E-state index in [0.29, 0.717) is 12.5 Å². The Kier molecular flexibility index (Phi) is 10.1. The number of carbonyl (C=O) groups excluding carboxylic acids is 1. The molecule has 0 bridgehead atoms. The van der Waals surface area contributed by atoms with E-state index in [9.17, 15) is 18.0 Å². The zero-order chi connectivity index (χ0) is 22.9. The molecule has 1 aromatic carbocycles. The van der Waals surface area contributed by atoms with Crippen LogP contribution in [0.2, 0.25) is 0 Å². The van der Waals surface area contributed by atoms with E-state index in [1.54, 1.807) is 7.05 Å². The van der Waals surface area contributed by atoms with Gasteiger partial charge in [0.05, 0.1) is 5.56 Å². The number of hydrogen-bond acceptors (Lipinski definition) is 3. The normalized spacial score (nSPS) is 19.5. The van der Waals surface area contributed by atoms with Crippen molar-refractivity contribution in [2.45, 2.75) is 65.0 Å². The van der Waals surface area contributed by atoms with Crippen molar-refractivity contribution in [3.05, 3.63) is 29.8 Å². The third kappa shape index (κ3) is 8.71. The van der Waals surface area contributed by atoms with E-state index in [0.717, 1.165) is 37.6 Å². The minimum Gasteiger partial charge on any atom is -0.410 e. The molecule has 0 N–H and O–H groups in total. The van der Waals surface area contributed by atoms with E-state index >= 15 is 0 Å². The second kappa shape index (κ2) is 12.3. The molecule has 31 heavy (non-hydrogen) atoms. The van der Waals surface area contributed by atoms with Crippen LogP contribution in [0.3, 0.4) is 0 Å². The van der Waals surface area contributed by atoms with Crippen molar-refractivity contribution in [2.75, 3.05) is 33.2 Å². The monoisotopic (exact) mass is 442 g/mol. The van der Waals surface area contributed by atoms with Crippen molar-refractivity contribution < 1.29 is 22.7 Å². The van der Waals surface area contributed by atoms with E-state index in [1.165, 1.54) is 62.1 Å². The van der Waals surface area contributed by atoms with Gasteiger partial charge in [0, 0.05) is 13.6 Å². The molecule has 0 saturated heterocycles. The summed E-state index contributed by atoms with van der Waals surface area (Å²) in [5.74, 6) is 1.57. The Hall–Kier alpha value is -1.76. The van der Waals surface area contributed by atoms with E-state index in [2.05, 4.69) is 18.7 Å². The van der Waals surface area contributed by atoms with Crippen LogP contribution in [0.4, 0.5) is 18.0 Å². The minimum atomic E-state index is -4.40. The standard InChI is InChI=1S/C24H37F3N2O2/c1-4-29(5-2)17-6-7-19-8-10-20(11-9-19)16-18-28(3)23(30)31-22-14-12-21(13-15-22)24(25,26)27/h12-15,19-20H,4-11,16-18H2,1-3H3. The third-order valence-electron chi connectivity index (χ3n) is 6.52. The molecule has 0 aromatic heterocycles. The topological polar surface area (TPSA) is 32.8 Å². The second-order valence-corrected chi connectivity index (χ2v) is 8.66. The van der Waals surface area contributed by atoms with Crippen LogP contribution in [0.5, 0.6) is 5.75 Å². The van der Waals surface area contributed by atoms with Gasteiger partial charge < -0.3 is 14.5 Å². The van der Waals surface area contributed by atoms with Gasteiger partial charge in [0.25, 0.3) is 0 Å². The first-order valence-corrected chi connectivity index (χ1v) is 11.6. The summed E-state index contributed by atoms with van der Waals surface area (Å²) in [6.45, 7) is 8.46. The van der Waals surface area contributed by atoms with E-state index < -0.39 is 17.8 Å². The van der Waals surface area contributed by atoms with Crippen molar-refractivity contribution in [1.82, 2.24) is 9.80 Å². The highest BCUT2D eigenvalue weighted by molar-refractivity contribution is 5.70. The van der Waals surface area contributed by atoms with Gasteiger partial charge in [-0.25, -0.2) is 4.79 Å². The summed E-state index contributed by atoms with van der Waals surface area (Å²) in [6, 6.07) is 4.19. The fraction of sp³-hybridized carbons (Fsp3) is 0.708. The zero-order valence-electron chi connectivity index (χ0n) is 19.1. The predicted octanol–water partition coefficient (Wildman–Crippen LogP) is 6.45. The lowest BCUT2D eigenvalue weighted by molar-refractivity contribution is -0.137. The largest absolute Gasteiger partial charge is 0.416 e. The lowest BCUT2D eigenvalue weighted by atomic mass is 9.78. The highest BCUT2D eigenvalue weighted by atomic mass is 19.4. The molecule has 0 heterocycles. The van der Waals surface area contributed by atoms with Crippen LogP contribution in [0.25, 0.3) is 0 Å². The summed E-state index contributed by atoms with van der Waals surface area (Å²) in [7, 11) is 1.67. The molecule has 2 rings (SSSR count). The molecule has 0 unspecified atom stereocenters. The highest BCUT2D eigenvalue weighted by Gasteiger charge is 2.30. The summed E-state index contributed by atoms with van der Waals surface area (Å²) in [6.07, 6.45) is 3.53. The molecule has 7 heteroatoms. The van der Waals surface area contributed by atoms with Gasteiger partial charge in [0.15, 0.2) is 0 Å². The molecule has 1 fully saturated rings. The Morgan fingerprint density at radius 3 is 2.03 bits per heavy atom. The molecule has 1 aliphatic carbocycles. The average molecular weight is 443 g/mol. The number of benzene rings is 1. The van der Waals surface area contributed by atoms with Gasteiger partial charge in [-0.1, -0.05) is 39.5 Å². The number of amides is 1. The van der Waals surface area contributed by atoms with Crippen LogP contribution in [0, 0.1) is 11.8 Å². The van der Waals surface area contributed by atoms with Crippen LogP contribution in [0.1, 0.15) is 64.4 Å². The maximum Gasteiger partial charge on any atom is 0.416 e. The summed E-state index contributed by atoms with van der Waals surface area (Å²) in [5, 5.41) is 0. The van der Waals surface area contributed by atoms with Crippen LogP contribution in [-0.4, -0.2) is 49.1 Å². The molecular formula is C24H37F3N2O2. The summed E-state index contributed by atoms with van der Waals surface area (Å²) < 4.78 is 43.0. The van der Waals surface area contributed by atoms with Gasteiger partial charge in [0.1, 0.15) is 5.75 Å². The van der Waals surface area contributed by atoms with Crippen LogP contribution in [0.15, 0.2) is 24.3 Å². The van der Waals surface area contributed by atoms with Gasteiger partial charge in [0.2, 0.25) is 0 Å². The Balaban J connectivity index is 1.65. The maximum absolute atomic E-state index is 12.6. The SMILES string of the molecule is CCN(CC)CCCC1CCC(CCN(C)C(=O)Oc2ccc(C(F)(F)F)cc2)CC1. The molecule has 0 spiro atoms. The highest BCUT2D eigenvalue weighted by Crippen LogP contribution is 2.33. The molecular weight excluding hydrogens is 405 g/mol. The average Bonchev–Trinajstić information content (AvgIpc) is 2.75. The van der Waals surface area contributed by atoms with E-state index in [-0.39, 0.29) is 5.75 Å². The van der Waals surface area contributed by atoms with Gasteiger partial charge >= 0.3 is 12.3 Å². The molecule has 1 aromatic rings. The molecule has 0 atom stereocenters. The molecule has 1 amide bonds. The maximum atomic E-state index is 12.6. The van der Waals surface area contributed by atoms with Crippen molar-refractivity contribution in [3.63, 3.8) is 0 Å². The van der Waals surface area contributed by atoms with Crippen molar-refractivity contribution in [3.8, 4) is 5.75 Å². The van der Waals surface area contributed by atoms with Crippen LogP contribution < -0.4 is 4.74 Å². The summed E-state index contributed by atoms with van der Waals surface area (Å²) in [5.41, 5.74) is -0.760.